The average Bonchev–Trinajstić information content (AvgIpc) is 3.16. The molecule has 0 aromatic heterocycles. The molecular formula is C17H25N3O4. The van der Waals surface area contributed by atoms with E-state index >= 15 is 0 Å². The summed E-state index contributed by atoms with van der Waals surface area (Å²) in [5.74, 6) is -0.241. The van der Waals surface area contributed by atoms with E-state index in [-0.39, 0.29) is 17.9 Å². The molecule has 132 valence electrons. The van der Waals surface area contributed by atoms with E-state index in [2.05, 4.69) is 6.07 Å². The van der Waals surface area contributed by atoms with Crippen molar-refractivity contribution < 1.29 is 19.4 Å². The van der Waals surface area contributed by atoms with Crippen LogP contribution in [0.2, 0.25) is 0 Å². The Bertz CT molecular complexity index is 579. The van der Waals surface area contributed by atoms with Gasteiger partial charge >= 0.3 is 6.09 Å². The molecule has 2 heterocycles. The maximum absolute atomic E-state index is 13.0. The number of likely N-dealkylation sites (tertiary alicyclic amines) is 2. The summed E-state index contributed by atoms with van der Waals surface area (Å²) in [7, 11) is 0. The highest BCUT2D eigenvalue weighted by Gasteiger charge is 2.57. The molecule has 5 atom stereocenters. The Morgan fingerprint density at radius 3 is 2.62 bits per heavy atom. The lowest BCUT2D eigenvalue weighted by molar-refractivity contribution is -0.140. The van der Waals surface area contributed by atoms with Crippen molar-refractivity contribution in [2.24, 2.45) is 5.92 Å². The molecule has 0 aromatic rings. The zero-order valence-corrected chi connectivity index (χ0v) is 14.4. The third kappa shape index (κ3) is 2.84. The van der Waals surface area contributed by atoms with Crippen molar-refractivity contribution in [1.82, 2.24) is 9.80 Å². The number of ether oxygens (including phenoxy) is 1. The fourth-order valence-electron chi connectivity index (χ4n) is 4.24. The van der Waals surface area contributed by atoms with Crippen LogP contribution in [0.5, 0.6) is 0 Å². The lowest BCUT2D eigenvalue weighted by Gasteiger charge is -2.39. The van der Waals surface area contributed by atoms with Crippen LogP contribution in [0.25, 0.3) is 0 Å². The van der Waals surface area contributed by atoms with Gasteiger partial charge in [-0.05, 0) is 52.4 Å². The van der Waals surface area contributed by atoms with Crippen LogP contribution in [0.3, 0.4) is 0 Å². The maximum Gasteiger partial charge on any atom is 0.411 e. The van der Waals surface area contributed by atoms with Crippen LogP contribution in [0.1, 0.15) is 46.5 Å². The van der Waals surface area contributed by atoms with E-state index in [1.807, 2.05) is 0 Å². The molecule has 2 aliphatic heterocycles. The first-order valence-electron chi connectivity index (χ1n) is 8.62. The number of piperidine rings is 1. The predicted octanol–water partition coefficient (Wildman–Crippen LogP) is 1.26. The van der Waals surface area contributed by atoms with Crippen LogP contribution in [0, 0.1) is 17.2 Å². The second-order valence-corrected chi connectivity index (χ2v) is 8.02. The molecule has 2 saturated heterocycles. The van der Waals surface area contributed by atoms with Gasteiger partial charge in [0.05, 0.1) is 18.2 Å². The van der Waals surface area contributed by atoms with Crippen LogP contribution in [-0.2, 0) is 9.53 Å². The number of rotatable bonds is 1. The summed E-state index contributed by atoms with van der Waals surface area (Å²) in [4.78, 5) is 28.7. The molecule has 2 amide bonds. The van der Waals surface area contributed by atoms with Gasteiger partial charge in [-0.1, -0.05) is 0 Å². The molecular weight excluding hydrogens is 310 g/mol. The van der Waals surface area contributed by atoms with Crippen LogP contribution >= 0.6 is 0 Å². The molecule has 1 saturated carbocycles. The summed E-state index contributed by atoms with van der Waals surface area (Å²) in [5.41, 5.74) is -0.666. The monoisotopic (exact) mass is 335 g/mol. The Morgan fingerprint density at radius 2 is 2.00 bits per heavy atom. The van der Waals surface area contributed by atoms with E-state index in [1.54, 1.807) is 25.7 Å². The van der Waals surface area contributed by atoms with Crippen molar-refractivity contribution in [3.8, 4) is 6.07 Å². The summed E-state index contributed by atoms with van der Waals surface area (Å²) in [6.45, 7) is 5.88. The van der Waals surface area contributed by atoms with Gasteiger partial charge in [0.15, 0.2) is 0 Å². The highest BCUT2D eigenvalue weighted by atomic mass is 16.6. The molecule has 1 aliphatic carbocycles. The second kappa shape index (κ2) is 5.92. The Kier molecular flexibility index (Phi) is 4.20. The lowest BCUT2D eigenvalue weighted by atomic mass is 9.96. The number of carbonyl (C=O) groups is 2. The topological polar surface area (TPSA) is 93.9 Å². The van der Waals surface area contributed by atoms with Gasteiger partial charge in [0.25, 0.3) is 0 Å². The summed E-state index contributed by atoms with van der Waals surface area (Å²) in [6, 6.07) is 0.764. The predicted molar refractivity (Wildman–Crippen MR) is 84.7 cm³/mol. The molecule has 0 radical (unpaired) electrons. The summed E-state index contributed by atoms with van der Waals surface area (Å²) in [6.07, 6.45) is 1.45. The van der Waals surface area contributed by atoms with Gasteiger partial charge in [-0.15, -0.1) is 0 Å². The van der Waals surface area contributed by atoms with Crippen LogP contribution in [-0.4, -0.2) is 63.3 Å². The minimum absolute atomic E-state index is 0.0649. The van der Waals surface area contributed by atoms with Crippen molar-refractivity contribution in [2.45, 2.75) is 76.3 Å². The Hall–Kier alpha value is -1.81. The van der Waals surface area contributed by atoms with Gasteiger partial charge in [-0.3, -0.25) is 9.69 Å². The number of aliphatic hydroxyl groups excluding tert-OH is 1. The van der Waals surface area contributed by atoms with Gasteiger partial charge in [0.2, 0.25) is 5.91 Å². The highest BCUT2D eigenvalue weighted by Crippen LogP contribution is 2.44. The van der Waals surface area contributed by atoms with E-state index in [9.17, 15) is 20.0 Å². The number of hydrogen-bond donors (Lipinski definition) is 1. The Labute approximate surface area is 142 Å². The first-order valence-corrected chi connectivity index (χ1v) is 8.62. The molecule has 0 unspecified atom stereocenters. The first-order chi connectivity index (χ1) is 11.2. The van der Waals surface area contributed by atoms with Crippen molar-refractivity contribution in [2.75, 3.05) is 6.54 Å². The zero-order chi connectivity index (χ0) is 17.6. The van der Waals surface area contributed by atoms with Gasteiger partial charge in [0.1, 0.15) is 17.7 Å². The zero-order valence-electron chi connectivity index (χ0n) is 14.4. The second-order valence-electron chi connectivity index (χ2n) is 8.02. The average molecular weight is 335 g/mol. The number of aliphatic hydroxyl groups is 1. The van der Waals surface area contributed by atoms with E-state index in [4.69, 9.17) is 4.74 Å². The minimum atomic E-state index is -0.666. The van der Waals surface area contributed by atoms with E-state index in [0.29, 0.717) is 25.8 Å². The van der Waals surface area contributed by atoms with Crippen molar-refractivity contribution in [3.05, 3.63) is 0 Å². The molecule has 7 heteroatoms. The molecule has 3 rings (SSSR count). The summed E-state index contributed by atoms with van der Waals surface area (Å²) >= 11 is 0. The fraction of sp³-hybridized carbons (Fsp3) is 0.824. The van der Waals surface area contributed by atoms with Crippen LogP contribution in [0.15, 0.2) is 0 Å². The number of amides is 2. The molecule has 7 nitrogen and oxygen atoms in total. The maximum atomic E-state index is 13.0. The molecule has 24 heavy (non-hydrogen) atoms. The van der Waals surface area contributed by atoms with Crippen LogP contribution in [0.4, 0.5) is 4.79 Å². The molecule has 0 spiro atoms. The Balaban J connectivity index is 1.84. The van der Waals surface area contributed by atoms with Gasteiger partial charge in [-0.25, -0.2) is 4.79 Å². The number of carbonyl (C=O) groups excluding carboxylic acids is 2. The Morgan fingerprint density at radius 1 is 1.29 bits per heavy atom. The summed E-state index contributed by atoms with van der Waals surface area (Å²) < 4.78 is 5.46. The SMILES string of the molecule is CC(C)(C)OC(=O)N1[C@@H]2C[C@@H](C[C@H]2O)[C@@H]1C(=O)N1CCC[C@H]1C#N. The fourth-order valence-corrected chi connectivity index (χ4v) is 4.24. The standard InChI is InChI=1S/C17H25N3O4/c1-17(2,3)24-16(23)20-12-7-10(8-13(12)21)14(20)15(22)19-6-4-5-11(19)9-18/h10-14,21H,4-8H2,1-3H3/t10-,11-,12+,13+,14+/m0/s1. The number of nitrogens with zero attached hydrogens (tertiary/aromatic N) is 3. The van der Waals surface area contributed by atoms with E-state index < -0.39 is 29.9 Å². The van der Waals surface area contributed by atoms with E-state index in [0.717, 1.165) is 6.42 Å². The van der Waals surface area contributed by atoms with Gasteiger partial charge in [0, 0.05) is 6.54 Å². The lowest BCUT2D eigenvalue weighted by Crippen LogP contribution is -2.58. The van der Waals surface area contributed by atoms with Gasteiger partial charge in [-0.2, -0.15) is 5.26 Å². The molecule has 0 aromatic carbocycles. The number of hydrogen-bond acceptors (Lipinski definition) is 5. The number of nitriles is 1. The summed E-state index contributed by atoms with van der Waals surface area (Å²) in [5, 5.41) is 19.4. The third-order valence-corrected chi connectivity index (χ3v) is 5.18. The van der Waals surface area contributed by atoms with Crippen molar-refractivity contribution in [1.29, 1.82) is 5.26 Å². The van der Waals surface area contributed by atoms with Crippen LogP contribution < -0.4 is 0 Å². The molecule has 2 bridgehead atoms. The highest BCUT2D eigenvalue weighted by molar-refractivity contribution is 5.88. The van der Waals surface area contributed by atoms with E-state index in [1.165, 1.54) is 4.90 Å². The molecule has 1 N–H and O–H groups in total. The van der Waals surface area contributed by atoms with Crippen molar-refractivity contribution >= 4 is 12.0 Å². The van der Waals surface area contributed by atoms with Crippen molar-refractivity contribution in [3.63, 3.8) is 0 Å². The first kappa shape index (κ1) is 17.0. The number of fused-ring (bicyclic) bond motifs is 2. The quantitative estimate of drug-likeness (QED) is 0.778. The van der Waals surface area contributed by atoms with Gasteiger partial charge < -0.3 is 14.7 Å². The minimum Gasteiger partial charge on any atom is -0.444 e. The normalized spacial score (nSPS) is 35.2. The third-order valence-electron chi connectivity index (χ3n) is 5.18. The smallest absolute Gasteiger partial charge is 0.411 e. The largest absolute Gasteiger partial charge is 0.444 e. The molecule has 3 aliphatic rings. The molecule has 3 fully saturated rings.